The summed E-state index contributed by atoms with van der Waals surface area (Å²) >= 11 is 0. The van der Waals surface area contributed by atoms with Crippen molar-refractivity contribution in [3.05, 3.63) is 0 Å². The van der Waals surface area contributed by atoms with Crippen LogP contribution in [0.15, 0.2) is 0 Å². The Bertz CT molecular complexity index is 201. The molecule has 1 heterocycles. The first-order valence-electron chi connectivity index (χ1n) is 7.70. The second kappa shape index (κ2) is 6.75. The van der Waals surface area contributed by atoms with Crippen LogP contribution in [0.1, 0.15) is 58.3 Å². The van der Waals surface area contributed by atoms with Gasteiger partial charge in [-0.2, -0.15) is 0 Å². The molecule has 0 bridgehead atoms. The summed E-state index contributed by atoms with van der Waals surface area (Å²) in [5.74, 6) is 0.942. The molecule has 0 radical (unpaired) electrons. The Kier molecular flexibility index (Phi) is 5.30. The zero-order valence-corrected chi connectivity index (χ0v) is 11.8. The van der Waals surface area contributed by atoms with Gasteiger partial charge in [0, 0.05) is 12.1 Å². The Balaban J connectivity index is 1.73. The van der Waals surface area contributed by atoms with Crippen molar-refractivity contribution in [1.29, 1.82) is 0 Å². The molecule has 1 atom stereocenters. The van der Waals surface area contributed by atoms with Crippen molar-refractivity contribution in [3.8, 4) is 0 Å². The van der Waals surface area contributed by atoms with E-state index in [1.807, 2.05) is 0 Å². The Morgan fingerprint density at radius 3 is 2.12 bits per heavy atom. The predicted molar refractivity (Wildman–Crippen MR) is 74.3 cm³/mol. The molecule has 1 saturated carbocycles. The first-order valence-corrected chi connectivity index (χ1v) is 7.70. The van der Waals surface area contributed by atoms with E-state index in [-0.39, 0.29) is 0 Å². The molecule has 100 valence electrons. The van der Waals surface area contributed by atoms with Gasteiger partial charge in [0.05, 0.1) is 0 Å². The lowest BCUT2D eigenvalue weighted by Gasteiger charge is -2.34. The van der Waals surface area contributed by atoms with Crippen LogP contribution in [0.4, 0.5) is 0 Å². The summed E-state index contributed by atoms with van der Waals surface area (Å²) in [6.07, 6.45) is 11.5. The smallest absolute Gasteiger partial charge is 0.00939 e. The highest BCUT2D eigenvalue weighted by Crippen LogP contribution is 2.26. The number of nitrogens with zero attached hydrogens (tertiary/aromatic N) is 1. The first-order chi connectivity index (χ1) is 8.25. The van der Waals surface area contributed by atoms with E-state index in [4.69, 9.17) is 0 Å². The molecule has 2 aliphatic rings. The average molecular weight is 238 g/mol. The van der Waals surface area contributed by atoms with Crippen LogP contribution in [-0.2, 0) is 0 Å². The largest absolute Gasteiger partial charge is 0.311 e. The zero-order chi connectivity index (χ0) is 12.1. The summed E-state index contributed by atoms with van der Waals surface area (Å²) in [4.78, 5) is 2.45. The van der Waals surface area contributed by atoms with Crippen molar-refractivity contribution < 1.29 is 0 Å². The normalized spacial score (nSPS) is 27.9. The summed E-state index contributed by atoms with van der Waals surface area (Å²) in [5, 5.41) is 3.91. The number of hydrogen-bond acceptors (Lipinski definition) is 2. The minimum atomic E-state index is 0.738. The van der Waals surface area contributed by atoms with Gasteiger partial charge in [0.25, 0.3) is 0 Å². The first kappa shape index (κ1) is 13.4. The predicted octanol–water partition coefficient (Wildman–Crippen LogP) is 3.03. The lowest BCUT2D eigenvalue weighted by molar-refractivity contribution is 0.208. The van der Waals surface area contributed by atoms with E-state index in [0.29, 0.717) is 0 Å². The molecule has 0 aromatic heterocycles. The molecule has 2 heteroatoms. The molecular formula is C15H30N2. The second-order valence-corrected chi connectivity index (χ2v) is 6.28. The molecule has 1 aliphatic carbocycles. The Hall–Kier alpha value is -0.0800. The Labute approximate surface area is 107 Å². The molecule has 2 fully saturated rings. The number of hydrogen-bond donors (Lipinski definition) is 1. The summed E-state index contributed by atoms with van der Waals surface area (Å²) in [7, 11) is 2.24. The van der Waals surface area contributed by atoms with Gasteiger partial charge in [0.15, 0.2) is 0 Å². The fraction of sp³-hybridized carbons (Fsp3) is 1.00. The van der Waals surface area contributed by atoms with E-state index in [1.165, 1.54) is 64.5 Å². The summed E-state index contributed by atoms with van der Waals surface area (Å²) in [6, 6.07) is 1.52. The molecule has 1 aliphatic heterocycles. The highest BCUT2D eigenvalue weighted by Gasteiger charge is 2.23. The third-order valence-electron chi connectivity index (χ3n) is 4.82. The van der Waals surface area contributed by atoms with E-state index in [1.54, 1.807) is 0 Å². The second-order valence-electron chi connectivity index (χ2n) is 6.28. The summed E-state index contributed by atoms with van der Waals surface area (Å²) < 4.78 is 0. The van der Waals surface area contributed by atoms with Crippen LogP contribution in [0.2, 0.25) is 0 Å². The van der Waals surface area contributed by atoms with Crippen molar-refractivity contribution >= 4 is 0 Å². The highest BCUT2D eigenvalue weighted by molar-refractivity contribution is 4.82. The van der Waals surface area contributed by atoms with Gasteiger partial charge in [0.2, 0.25) is 0 Å². The van der Waals surface area contributed by atoms with Crippen LogP contribution in [0, 0.1) is 5.92 Å². The molecule has 2 nitrogen and oxygen atoms in total. The SMILES string of the molecule is C[C@@H](NC1CCN(C)CC1)C1CCCCCC1. The van der Waals surface area contributed by atoms with E-state index in [2.05, 4.69) is 24.2 Å². The van der Waals surface area contributed by atoms with E-state index < -0.39 is 0 Å². The molecular weight excluding hydrogens is 208 g/mol. The molecule has 0 spiro atoms. The Morgan fingerprint density at radius 1 is 0.941 bits per heavy atom. The van der Waals surface area contributed by atoms with Gasteiger partial charge in [-0.3, -0.25) is 0 Å². The fourth-order valence-corrected chi connectivity index (χ4v) is 3.49. The lowest BCUT2D eigenvalue weighted by atomic mass is 9.91. The Morgan fingerprint density at radius 2 is 1.53 bits per heavy atom. The zero-order valence-electron chi connectivity index (χ0n) is 11.8. The molecule has 2 rings (SSSR count). The van der Waals surface area contributed by atoms with Crippen LogP contribution in [0.5, 0.6) is 0 Å². The third-order valence-corrected chi connectivity index (χ3v) is 4.82. The van der Waals surface area contributed by atoms with E-state index >= 15 is 0 Å². The van der Waals surface area contributed by atoms with Crippen LogP contribution < -0.4 is 5.32 Å². The minimum Gasteiger partial charge on any atom is -0.311 e. The van der Waals surface area contributed by atoms with Crippen LogP contribution >= 0.6 is 0 Å². The quantitative estimate of drug-likeness (QED) is 0.760. The molecule has 0 unspecified atom stereocenters. The molecule has 1 N–H and O–H groups in total. The maximum atomic E-state index is 3.91. The molecule has 1 saturated heterocycles. The topological polar surface area (TPSA) is 15.3 Å². The van der Waals surface area contributed by atoms with Gasteiger partial charge in [-0.05, 0) is 58.7 Å². The van der Waals surface area contributed by atoms with Gasteiger partial charge >= 0.3 is 0 Å². The highest BCUT2D eigenvalue weighted by atomic mass is 15.1. The maximum Gasteiger partial charge on any atom is 0.00939 e. The van der Waals surface area contributed by atoms with Crippen molar-refractivity contribution in [2.45, 2.75) is 70.4 Å². The average Bonchev–Trinajstić information content (AvgIpc) is 2.61. The lowest BCUT2D eigenvalue weighted by Crippen LogP contribution is -2.46. The van der Waals surface area contributed by atoms with Gasteiger partial charge in [-0.1, -0.05) is 25.7 Å². The number of nitrogens with one attached hydrogen (secondary N) is 1. The van der Waals surface area contributed by atoms with Crippen molar-refractivity contribution in [3.63, 3.8) is 0 Å². The van der Waals surface area contributed by atoms with Crippen LogP contribution in [0.3, 0.4) is 0 Å². The third kappa shape index (κ3) is 4.26. The maximum absolute atomic E-state index is 3.91. The molecule has 17 heavy (non-hydrogen) atoms. The van der Waals surface area contributed by atoms with Crippen LogP contribution in [-0.4, -0.2) is 37.1 Å². The van der Waals surface area contributed by atoms with Crippen molar-refractivity contribution in [2.75, 3.05) is 20.1 Å². The fourth-order valence-electron chi connectivity index (χ4n) is 3.49. The van der Waals surface area contributed by atoms with E-state index in [0.717, 1.165) is 18.0 Å². The monoisotopic (exact) mass is 238 g/mol. The van der Waals surface area contributed by atoms with Crippen LogP contribution in [0.25, 0.3) is 0 Å². The van der Waals surface area contributed by atoms with Gasteiger partial charge in [0.1, 0.15) is 0 Å². The van der Waals surface area contributed by atoms with E-state index in [9.17, 15) is 0 Å². The van der Waals surface area contributed by atoms with Crippen molar-refractivity contribution in [1.82, 2.24) is 10.2 Å². The molecule has 0 aromatic rings. The molecule has 0 amide bonds. The summed E-state index contributed by atoms with van der Waals surface area (Å²) in [5.41, 5.74) is 0. The number of likely N-dealkylation sites (tertiary alicyclic amines) is 1. The standard InChI is InChI=1S/C15H30N2/c1-13(14-7-5-3-4-6-8-14)16-15-9-11-17(2)12-10-15/h13-16H,3-12H2,1-2H3/t13-/m1/s1. The summed E-state index contributed by atoms with van der Waals surface area (Å²) in [6.45, 7) is 4.97. The van der Waals surface area contributed by atoms with Gasteiger partial charge < -0.3 is 10.2 Å². The van der Waals surface area contributed by atoms with Crippen molar-refractivity contribution in [2.24, 2.45) is 5.92 Å². The van der Waals surface area contributed by atoms with Gasteiger partial charge in [-0.25, -0.2) is 0 Å². The van der Waals surface area contributed by atoms with Gasteiger partial charge in [-0.15, -0.1) is 0 Å². The number of piperidine rings is 1. The molecule has 0 aromatic carbocycles. The number of rotatable bonds is 3. The minimum absolute atomic E-state index is 0.738.